The van der Waals surface area contributed by atoms with Gasteiger partial charge in [0, 0.05) is 18.7 Å². The first-order valence-electron chi connectivity index (χ1n) is 5.25. The van der Waals surface area contributed by atoms with Gasteiger partial charge in [-0.3, -0.25) is 9.59 Å². The molecule has 17 heavy (non-hydrogen) atoms. The highest BCUT2D eigenvalue weighted by molar-refractivity contribution is 6.27. The molecule has 90 valence electrons. The first kappa shape index (κ1) is 12.0. The molecule has 0 unspecified atom stereocenters. The normalized spacial score (nSPS) is 15.5. The number of carbonyl (C=O) groups excluding carboxylic acids is 2. The Labute approximate surface area is 103 Å². The number of alkyl halides is 1. The van der Waals surface area contributed by atoms with Gasteiger partial charge in [0.2, 0.25) is 5.91 Å². The van der Waals surface area contributed by atoms with Crippen molar-refractivity contribution in [3.8, 4) is 0 Å². The van der Waals surface area contributed by atoms with Crippen LogP contribution in [0.3, 0.4) is 0 Å². The Balaban J connectivity index is 1.95. The van der Waals surface area contributed by atoms with Gasteiger partial charge in [-0.2, -0.15) is 0 Å². The number of hydrogen-bond acceptors (Lipinski definition) is 2. The van der Waals surface area contributed by atoms with E-state index in [1.54, 1.807) is 4.90 Å². The summed E-state index contributed by atoms with van der Waals surface area (Å²) in [5.41, 5.74) is 0.481. The van der Waals surface area contributed by atoms with E-state index in [9.17, 15) is 14.0 Å². The molecule has 3 nitrogen and oxygen atoms in total. The van der Waals surface area contributed by atoms with Crippen molar-refractivity contribution in [3.05, 3.63) is 35.6 Å². The van der Waals surface area contributed by atoms with E-state index in [-0.39, 0.29) is 29.3 Å². The van der Waals surface area contributed by atoms with Crippen LogP contribution in [0.2, 0.25) is 0 Å². The molecule has 0 aromatic heterocycles. The van der Waals surface area contributed by atoms with Crippen LogP contribution in [0, 0.1) is 11.7 Å². The lowest BCUT2D eigenvalue weighted by Gasteiger charge is -2.37. The van der Waals surface area contributed by atoms with Crippen molar-refractivity contribution >= 4 is 23.3 Å². The van der Waals surface area contributed by atoms with E-state index in [2.05, 4.69) is 0 Å². The molecule has 0 N–H and O–H groups in total. The number of ketones is 1. The summed E-state index contributed by atoms with van der Waals surface area (Å²) in [5.74, 6) is -0.822. The molecule has 2 rings (SSSR count). The summed E-state index contributed by atoms with van der Waals surface area (Å²) < 4.78 is 12.7. The number of rotatable bonds is 3. The van der Waals surface area contributed by atoms with Crippen LogP contribution in [-0.4, -0.2) is 35.6 Å². The third-order valence-electron chi connectivity index (χ3n) is 2.85. The monoisotopic (exact) mass is 255 g/mol. The number of carbonyl (C=O) groups is 2. The summed E-state index contributed by atoms with van der Waals surface area (Å²) in [6, 6.07) is 5.44. The number of amides is 1. The van der Waals surface area contributed by atoms with Crippen LogP contribution < -0.4 is 0 Å². The Bertz CT molecular complexity index is 440. The van der Waals surface area contributed by atoms with E-state index in [1.807, 2.05) is 0 Å². The van der Waals surface area contributed by atoms with E-state index in [0.717, 1.165) is 0 Å². The van der Waals surface area contributed by atoms with Crippen LogP contribution in [0.15, 0.2) is 24.3 Å². The number of Topliss-reactive ketones (excluding diaryl/α,β-unsaturated/α-hetero) is 1. The van der Waals surface area contributed by atoms with E-state index < -0.39 is 0 Å². The molecule has 1 aliphatic rings. The van der Waals surface area contributed by atoms with Crippen LogP contribution >= 0.6 is 11.6 Å². The predicted molar refractivity (Wildman–Crippen MR) is 61.5 cm³/mol. The second-order valence-electron chi connectivity index (χ2n) is 4.00. The molecular weight excluding hydrogens is 245 g/mol. The Kier molecular flexibility index (Phi) is 3.43. The summed E-state index contributed by atoms with van der Waals surface area (Å²) in [5, 5.41) is 0. The molecule has 1 aliphatic heterocycles. The van der Waals surface area contributed by atoms with Crippen molar-refractivity contribution in [2.75, 3.05) is 19.0 Å². The Morgan fingerprint density at radius 2 is 1.88 bits per heavy atom. The minimum atomic E-state index is -0.367. The third-order valence-corrected chi connectivity index (χ3v) is 3.08. The van der Waals surface area contributed by atoms with Gasteiger partial charge >= 0.3 is 0 Å². The molecule has 1 amide bonds. The summed E-state index contributed by atoms with van der Waals surface area (Å²) in [4.78, 5) is 24.6. The fourth-order valence-corrected chi connectivity index (χ4v) is 1.95. The van der Waals surface area contributed by atoms with Crippen molar-refractivity contribution in [2.24, 2.45) is 5.92 Å². The highest BCUT2D eigenvalue weighted by atomic mass is 35.5. The fourth-order valence-electron chi connectivity index (χ4n) is 1.78. The molecule has 0 atom stereocenters. The van der Waals surface area contributed by atoms with Gasteiger partial charge in [0.05, 0.1) is 5.92 Å². The van der Waals surface area contributed by atoms with Gasteiger partial charge in [-0.05, 0) is 24.3 Å². The largest absolute Gasteiger partial charge is 0.340 e. The zero-order valence-corrected chi connectivity index (χ0v) is 9.78. The number of hydrogen-bond donors (Lipinski definition) is 0. The lowest BCUT2D eigenvalue weighted by Crippen LogP contribution is -2.53. The molecular formula is C12H11ClFNO2. The average molecular weight is 256 g/mol. The number of nitrogens with zero attached hydrogens (tertiary/aromatic N) is 1. The molecule has 0 saturated carbocycles. The van der Waals surface area contributed by atoms with Crippen molar-refractivity contribution < 1.29 is 14.0 Å². The molecule has 1 aromatic carbocycles. The SMILES string of the molecule is O=C(c1ccc(F)cc1)C1CN(C(=O)CCl)C1. The minimum Gasteiger partial charge on any atom is -0.340 e. The first-order chi connectivity index (χ1) is 8.11. The predicted octanol–water partition coefficient (Wildman–Crippen LogP) is 1.71. The maximum absolute atomic E-state index is 12.7. The molecule has 1 aromatic rings. The van der Waals surface area contributed by atoms with Gasteiger partial charge in [0.1, 0.15) is 11.7 Å². The topological polar surface area (TPSA) is 37.4 Å². The molecule has 0 aliphatic carbocycles. The molecule has 0 radical (unpaired) electrons. The Hall–Kier alpha value is -1.42. The van der Waals surface area contributed by atoms with Gasteiger partial charge < -0.3 is 4.90 Å². The van der Waals surface area contributed by atoms with Crippen molar-refractivity contribution in [1.82, 2.24) is 4.90 Å². The van der Waals surface area contributed by atoms with Gasteiger partial charge in [-0.1, -0.05) is 0 Å². The fraction of sp³-hybridized carbons (Fsp3) is 0.333. The molecule has 1 heterocycles. The Morgan fingerprint density at radius 3 is 2.41 bits per heavy atom. The van der Waals surface area contributed by atoms with Gasteiger partial charge in [-0.25, -0.2) is 4.39 Å². The first-order valence-corrected chi connectivity index (χ1v) is 5.79. The average Bonchev–Trinajstić information content (AvgIpc) is 2.27. The van der Waals surface area contributed by atoms with E-state index in [4.69, 9.17) is 11.6 Å². The molecule has 5 heteroatoms. The van der Waals surface area contributed by atoms with E-state index in [0.29, 0.717) is 18.7 Å². The molecule has 0 bridgehead atoms. The molecule has 1 saturated heterocycles. The Morgan fingerprint density at radius 1 is 1.29 bits per heavy atom. The van der Waals surface area contributed by atoms with Crippen LogP contribution in [0.5, 0.6) is 0 Å². The number of likely N-dealkylation sites (tertiary alicyclic amines) is 1. The zero-order chi connectivity index (χ0) is 12.4. The number of benzene rings is 1. The standard InChI is InChI=1S/C12H11ClFNO2/c13-5-11(16)15-6-9(7-15)12(17)8-1-3-10(14)4-2-8/h1-4,9H,5-7H2. The lowest BCUT2D eigenvalue weighted by molar-refractivity contribution is -0.133. The smallest absolute Gasteiger partial charge is 0.237 e. The van der Waals surface area contributed by atoms with E-state index in [1.165, 1.54) is 24.3 Å². The second-order valence-corrected chi connectivity index (χ2v) is 4.27. The van der Waals surface area contributed by atoms with Gasteiger partial charge in [0.25, 0.3) is 0 Å². The summed E-state index contributed by atoms with van der Waals surface area (Å²) in [7, 11) is 0. The second kappa shape index (κ2) is 4.84. The maximum atomic E-state index is 12.7. The van der Waals surface area contributed by atoms with Crippen LogP contribution in [-0.2, 0) is 4.79 Å². The van der Waals surface area contributed by atoms with Crippen molar-refractivity contribution in [1.29, 1.82) is 0 Å². The van der Waals surface area contributed by atoms with Gasteiger partial charge in [0.15, 0.2) is 5.78 Å². The third kappa shape index (κ3) is 2.47. The molecule has 0 spiro atoms. The highest BCUT2D eigenvalue weighted by Crippen LogP contribution is 2.21. The van der Waals surface area contributed by atoms with Crippen molar-refractivity contribution in [2.45, 2.75) is 0 Å². The number of halogens is 2. The highest BCUT2D eigenvalue weighted by Gasteiger charge is 2.35. The maximum Gasteiger partial charge on any atom is 0.237 e. The lowest BCUT2D eigenvalue weighted by atomic mass is 9.91. The zero-order valence-electron chi connectivity index (χ0n) is 9.03. The summed E-state index contributed by atoms with van der Waals surface area (Å²) >= 11 is 5.40. The van der Waals surface area contributed by atoms with Crippen LogP contribution in [0.25, 0.3) is 0 Å². The summed E-state index contributed by atoms with van der Waals surface area (Å²) in [6.07, 6.45) is 0. The summed E-state index contributed by atoms with van der Waals surface area (Å²) in [6.45, 7) is 0.809. The van der Waals surface area contributed by atoms with Crippen LogP contribution in [0.1, 0.15) is 10.4 Å². The van der Waals surface area contributed by atoms with Crippen LogP contribution in [0.4, 0.5) is 4.39 Å². The minimum absolute atomic E-state index is 0.0522. The van der Waals surface area contributed by atoms with E-state index >= 15 is 0 Å². The van der Waals surface area contributed by atoms with Crippen molar-refractivity contribution in [3.63, 3.8) is 0 Å². The molecule has 1 fully saturated rings. The quantitative estimate of drug-likeness (QED) is 0.609. The van der Waals surface area contributed by atoms with Gasteiger partial charge in [-0.15, -0.1) is 11.6 Å².